The maximum atomic E-state index is 15.4. The van der Waals surface area contributed by atoms with E-state index in [-0.39, 0.29) is 5.69 Å². The number of hydrogen-bond acceptors (Lipinski definition) is 6. The molecular formula is C20H23F2N3O5. The van der Waals surface area contributed by atoms with E-state index >= 15 is 8.78 Å². The lowest BCUT2D eigenvalue weighted by Crippen LogP contribution is -2.66. The van der Waals surface area contributed by atoms with E-state index in [0.29, 0.717) is 10.8 Å². The van der Waals surface area contributed by atoms with Crippen LogP contribution < -0.4 is 5.32 Å². The molecule has 7 atom stereocenters. The molecule has 2 heterocycles. The van der Waals surface area contributed by atoms with Gasteiger partial charge in [-0.25, -0.2) is 8.78 Å². The molecule has 2 aromatic rings. The Hall–Kier alpha value is -2.58. The Kier molecular flexibility index (Phi) is 6.10. The van der Waals surface area contributed by atoms with Gasteiger partial charge in [0, 0.05) is 23.9 Å². The number of aliphatic hydroxyl groups is 3. The summed E-state index contributed by atoms with van der Waals surface area (Å²) in [5, 5.41) is 42.7. The third kappa shape index (κ3) is 3.77. The zero-order chi connectivity index (χ0) is 22.2. The Balaban J connectivity index is 2.20. The van der Waals surface area contributed by atoms with Gasteiger partial charge in [0.15, 0.2) is 6.17 Å². The third-order valence-corrected chi connectivity index (χ3v) is 5.35. The van der Waals surface area contributed by atoms with Gasteiger partial charge in [0.2, 0.25) is 11.8 Å². The smallest absolute Gasteiger partial charge is 0.240 e. The minimum atomic E-state index is -2.91. The molecule has 2 unspecified atom stereocenters. The molecule has 30 heavy (non-hydrogen) atoms. The predicted octanol–water partition coefficient (Wildman–Crippen LogP) is 0.695. The van der Waals surface area contributed by atoms with E-state index in [9.17, 15) is 25.4 Å². The van der Waals surface area contributed by atoms with Gasteiger partial charge in [0.05, 0.1) is 18.7 Å². The Labute approximate surface area is 171 Å². The standard InChI is InChI=1S/C20H23F2N3O5/c1-10(27)24-15-16(25-8-11-5-3-4-6-12(11)13(25)7-23)19(21)20(2,22)30-18(15)17(29)14(28)9-26/h3-6,8,14-19,26,28-29H,9H2,1-2H3,(H,24,27)/t14-,15-,16-,17-,18-,19?,20?/m1/s1. The molecule has 10 heteroatoms. The molecule has 1 amide bonds. The van der Waals surface area contributed by atoms with Crippen molar-refractivity contribution in [1.29, 1.82) is 5.26 Å². The van der Waals surface area contributed by atoms with Crippen molar-refractivity contribution in [2.24, 2.45) is 0 Å². The Morgan fingerprint density at radius 1 is 1.43 bits per heavy atom. The number of fused-ring (bicyclic) bond motifs is 1. The summed E-state index contributed by atoms with van der Waals surface area (Å²) < 4.78 is 36.9. The lowest BCUT2D eigenvalue weighted by atomic mass is 9.86. The molecule has 8 nitrogen and oxygen atoms in total. The van der Waals surface area contributed by atoms with E-state index in [1.54, 1.807) is 24.3 Å². The highest BCUT2D eigenvalue weighted by molar-refractivity contribution is 5.87. The average Bonchev–Trinajstić information content (AvgIpc) is 3.07. The van der Waals surface area contributed by atoms with E-state index in [2.05, 4.69) is 5.32 Å². The van der Waals surface area contributed by atoms with E-state index in [0.717, 1.165) is 13.8 Å². The van der Waals surface area contributed by atoms with Gasteiger partial charge in [-0.15, -0.1) is 0 Å². The number of ether oxygens (including phenoxy) is 1. The SMILES string of the molecule is CC(=O)N[C@H]1[C@H]([C@H](O)[C@H](O)CO)OC(C)(F)C(F)[C@@H]1n1cc2ccccc2c1C#N. The summed E-state index contributed by atoms with van der Waals surface area (Å²) in [5.74, 6) is -3.53. The second-order valence-corrected chi connectivity index (χ2v) is 7.51. The highest BCUT2D eigenvalue weighted by Crippen LogP contribution is 2.42. The fourth-order valence-electron chi connectivity index (χ4n) is 3.94. The van der Waals surface area contributed by atoms with Crippen LogP contribution in [0, 0.1) is 11.3 Å². The zero-order valence-corrected chi connectivity index (χ0v) is 16.4. The van der Waals surface area contributed by atoms with Crippen LogP contribution in [0.3, 0.4) is 0 Å². The van der Waals surface area contributed by atoms with Crippen LogP contribution in [-0.2, 0) is 9.53 Å². The summed E-state index contributed by atoms with van der Waals surface area (Å²) in [6.07, 6.45) is -6.05. The molecule has 0 radical (unpaired) electrons. The van der Waals surface area contributed by atoms with E-state index in [4.69, 9.17) is 4.74 Å². The zero-order valence-electron chi connectivity index (χ0n) is 16.4. The summed E-state index contributed by atoms with van der Waals surface area (Å²) in [6.45, 7) is 1.11. The van der Waals surface area contributed by atoms with Crippen molar-refractivity contribution in [1.82, 2.24) is 9.88 Å². The monoisotopic (exact) mass is 423 g/mol. The quantitative estimate of drug-likeness (QED) is 0.561. The summed E-state index contributed by atoms with van der Waals surface area (Å²) in [7, 11) is 0. The molecule has 1 saturated heterocycles. The minimum Gasteiger partial charge on any atom is -0.394 e. The number of nitriles is 1. The summed E-state index contributed by atoms with van der Waals surface area (Å²) in [4.78, 5) is 11.8. The van der Waals surface area contributed by atoms with Crippen molar-refractivity contribution in [2.75, 3.05) is 6.61 Å². The van der Waals surface area contributed by atoms with Gasteiger partial charge in [-0.3, -0.25) is 4.79 Å². The van der Waals surface area contributed by atoms with Crippen LogP contribution in [0.1, 0.15) is 25.6 Å². The molecule has 1 aliphatic heterocycles. The van der Waals surface area contributed by atoms with Gasteiger partial charge in [-0.1, -0.05) is 24.3 Å². The Bertz CT molecular complexity index is 973. The number of carbonyl (C=O) groups is 1. The molecule has 1 fully saturated rings. The topological polar surface area (TPSA) is 128 Å². The van der Waals surface area contributed by atoms with E-state index in [1.165, 1.54) is 10.8 Å². The van der Waals surface area contributed by atoms with Crippen molar-refractivity contribution in [3.63, 3.8) is 0 Å². The van der Waals surface area contributed by atoms with Crippen LogP contribution in [-0.4, -0.2) is 68.8 Å². The highest BCUT2D eigenvalue weighted by atomic mass is 19.2. The lowest BCUT2D eigenvalue weighted by Gasteiger charge is -2.48. The van der Waals surface area contributed by atoms with Crippen LogP contribution in [0.2, 0.25) is 0 Å². The second kappa shape index (κ2) is 8.28. The van der Waals surface area contributed by atoms with Crippen molar-refractivity contribution in [2.45, 2.75) is 56.3 Å². The first-order chi connectivity index (χ1) is 14.1. The van der Waals surface area contributed by atoms with Gasteiger partial charge >= 0.3 is 0 Å². The number of halogens is 2. The fourth-order valence-corrected chi connectivity index (χ4v) is 3.94. The van der Waals surface area contributed by atoms with Crippen LogP contribution in [0.25, 0.3) is 10.8 Å². The number of nitrogens with zero attached hydrogens (tertiary/aromatic N) is 2. The van der Waals surface area contributed by atoms with Crippen LogP contribution in [0.15, 0.2) is 30.5 Å². The number of nitrogens with one attached hydrogen (secondary N) is 1. The molecule has 0 spiro atoms. The molecule has 3 rings (SSSR count). The van der Waals surface area contributed by atoms with E-state index in [1.807, 2.05) is 6.07 Å². The number of benzene rings is 1. The molecule has 0 saturated carbocycles. The third-order valence-electron chi connectivity index (χ3n) is 5.35. The number of aromatic nitrogens is 1. The Morgan fingerprint density at radius 3 is 2.70 bits per heavy atom. The lowest BCUT2D eigenvalue weighted by molar-refractivity contribution is -0.278. The van der Waals surface area contributed by atoms with Crippen molar-refractivity contribution < 1.29 is 33.6 Å². The summed E-state index contributed by atoms with van der Waals surface area (Å²) in [6, 6.07) is 5.91. The summed E-state index contributed by atoms with van der Waals surface area (Å²) in [5.41, 5.74) is 0.0437. The number of amides is 1. The molecule has 162 valence electrons. The van der Waals surface area contributed by atoms with E-state index < -0.39 is 54.9 Å². The molecule has 0 aliphatic carbocycles. The minimum absolute atomic E-state index is 0.0437. The van der Waals surface area contributed by atoms with Crippen molar-refractivity contribution in [3.8, 4) is 6.07 Å². The molecular weight excluding hydrogens is 400 g/mol. The average molecular weight is 423 g/mol. The van der Waals surface area contributed by atoms with Crippen LogP contribution >= 0.6 is 0 Å². The summed E-state index contributed by atoms with van der Waals surface area (Å²) >= 11 is 0. The number of hydrogen-bond donors (Lipinski definition) is 4. The normalized spacial score (nSPS) is 31.1. The first kappa shape index (κ1) is 22.1. The van der Waals surface area contributed by atoms with Gasteiger partial charge in [0.1, 0.15) is 30.1 Å². The molecule has 1 aliphatic rings. The maximum absolute atomic E-state index is 15.4. The molecule has 1 aromatic heterocycles. The number of rotatable bonds is 5. The number of aliphatic hydroxyl groups excluding tert-OH is 3. The largest absolute Gasteiger partial charge is 0.394 e. The van der Waals surface area contributed by atoms with Gasteiger partial charge in [-0.2, -0.15) is 5.26 Å². The molecule has 4 N–H and O–H groups in total. The predicted molar refractivity (Wildman–Crippen MR) is 102 cm³/mol. The Morgan fingerprint density at radius 2 is 2.10 bits per heavy atom. The van der Waals surface area contributed by atoms with Crippen molar-refractivity contribution >= 4 is 16.7 Å². The molecule has 0 bridgehead atoms. The van der Waals surface area contributed by atoms with Gasteiger partial charge < -0.3 is 29.9 Å². The fraction of sp³-hybridized carbons (Fsp3) is 0.500. The van der Waals surface area contributed by atoms with Crippen molar-refractivity contribution in [3.05, 3.63) is 36.2 Å². The second-order valence-electron chi connectivity index (χ2n) is 7.51. The van der Waals surface area contributed by atoms with Gasteiger partial charge in [0.25, 0.3) is 0 Å². The highest BCUT2D eigenvalue weighted by Gasteiger charge is 2.57. The number of carbonyl (C=O) groups excluding carboxylic acids is 1. The first-order valence-electron chi connectivity index (χ1n) is 9.37. The van der Waals surface area contributed by atoms with Crippen LogP contribution in [0.5, 0.6) is 0 Å². The molecule has 1 aromatic carbocycles. The maximum Gasteiger partial charge on any atom is 0.240 e. The van der Waals surface area contributed by atoms with Gasteiger partial charge in [-0.05, 0) is 6.92 Å². The number of alkyl halides is 2. The van der Waals surface area contributed by atoms with Crippen LogP contribution in [0.4, 0.5) is 8.78 Å². The first-order valence-corrected chi connectivity index (χ1v) is 9.37.